The molecule has 3 heterocycles. The van der Waals surface area contributed by atoms with Crippen LogP contribution in [0.5, 0.6) is 0 Å². The number of hydrogen-bond acceptors (Lipinski definition) is 7. The predicted octanol–water partition coefficient (Wildman–Crippen LogP) is 1.45. The zero-order chi connectivity index (χ0) is 17.9. The van der Waals surface area contributed by atoms with Gasteiger partial charge in [0.2, 0.25) is 0 Å². The van der Waals surface area contributed by atoms with Crippen LogP contribution in [0.25, 0.3) is 11.0 Å². The molecule has 0 aromatic carbocycles. The second kappa shape index (κ2) is 7.47. The zero-order valence-corrected chi connectivity index (χ0v) is 14.1. The second-order valence-electron chi connectivity index (χ2n) is 5.49. The molecule has 25 heavy (non-hydrogen) atoms. The average Bonchev–Trinajstić information content (AvgIpc) is 3.20. The molecule has 1 unspecified atom stereocenters. The molecule has 0 aliphatic carbocycles. The number of phosphoric ester groups is 1. The fraction of sp³-hybridized carbons (Fsp3) is 0.500. The minimum Gasteiger partial charge on any atom is -0.352 e. The van der Waals surface area contributed by atoms with E-state index in [2.05, 4.69) is 14.5 Å². The molecular formula is C14H17N4O6P. The lowest BCUT2D eigenvalue weighted by Gasteiger charge is -2.17. The number of pyridine rings is 1. The summed E-state index contributed by atoms with van der Waals surface area (Å²) in [5.41, 5.74) is 0.712. The molecule has 0 radical (unpaired) electrons. The van der Waals surface area contributed by atoms with Crippen molar-refractivity contribution in [1.82, 2.24) is 14.5 Å². The summed E-state index contributed by atoms with van der Waals surface area (Å²) >= 11 is 0. The van der Waals surface area contributed by atoms with Crippen molar-refractivity contribution in [3.05, 3.63) is 28.9 Å². The zero-order valence-electron chi connectivity index (χ0n) is 13.2. The Hall–Kier alpha value is -2.02. The Morgan fingerprint density at radius 2 is 2.36 bits per heavy atom. The lowest BCUT2D eigenvalue weighted by atomic mass is 10.2. The van der Waals surface area contributed by atoms with Gasteiger partial charge in [-0.15, -0.1) is 0 Å². The highest BCUT2D eigenvalue weighted by molar-refractivity contribution is 7.47. The maximum absolute atomic E-state index is 11.7. The number of ether oxygens (including phenoxy) is 1. The number of aromatic amines is 1. The number of phosphoric acid groups is 1. The monoisotopic (exact) mass is 368 g/mol. The first-order valence-electron chi connectivity index (χ1n) is 7.69. The normalized spacial score (nSPS) is 22.7. The van der Waals surface area contributed by atoms with E-state index in [4.69, 9.17) is 14.5 Å². The standard InChI is InChI=1S/C14H17N4O6P/c15-5-1-7-22-25(20,21)23-8-10-2-3-12(24-10)18-9-17-13-11(18)4-6-16-14(13)19/h4,6,9-10,12H,1-3,7-8H2,(H,16,19)(H,20,21)/t10-,12+/m0/s1. The summed E-state index contributed by atoms with van der Waals surface area (Å²) in [5, 5.41) is 8.39. The molecule has 0 saturated carbocycles. The average molecular weight is 368 g/mol. The van der Waals surface area contributed by atoms with E-state index in [0.29, 0.717) is 23.9 Å². The van der Waals surface area contributed by atoms with Crippen LogP contribution in [-0.2, 0) is 18.3 Å². The van der Waals surface area contributed by atoms with Gasteiger partial charge in [0.15, 0.2) is 5.52 Å². The summed E-state index contributed by atoms with van der Waals surface area (Å²) in [5.74, 6) is 0. The van der Waals surface area contributed by atoms with Crippen molar-refractivity contribution in [1.29, 1.82) is 5.26 Å². The van der Waals surface area contributed by atoms with E-state index in [1.165, 1.54) is 6.33 Å². The fourth-order valence-corrected chi connectivity index (χ4v) is 3.39. The lowest BCUT2D eigenvalue weighted by molar-refractivity contribution is -0.0219. The molecule has 1 saturated heterocycles. The van der Waals surface area contributed by atoms with Crippen molar-refractivity contribution in [2.45, 2.75) is 31.6 Å². The van der Waals surface area contributed by atoms with Gasteiger partial charge in [-0.05, 0) is 18.9 Å². The van der Waals surface area contributed by atoms with E-state index in [9.17, 15) is 14.3 Å². The Labute approximate surface area is 142 Å². The number of fused-ring (bicyclic) bond motifs is 1. The van der Waals surface area contributed by atoms with E-state index < -0.39 is 7.82 Å². The highest BCUT2D eigenvalue weighted by Gasteiger charge is 2.31. The van der Waals surface area contributed by atoms with Crippen molar-refractivity contribution in [3.8, 4) is 6.07 Å². The molecule has 1 aliphatic rings. The van der Waals surface area contributed by atoms with Crippen molar-refractivity contribution in [2.24, 2.45) is 0 Å². The summed E-state index contributed by atoms with van der Waals surface area (Å²) in [6.07, 6.45) is 3.63. The van der Waals surface area contributed by atoms with Gasteiger partial charge in [-0.3, -0.25) is 13.8 Å². The van der Waals surface area contributed by atoms with Crippen LogP contribution in [0.15, 0.2) is 23.4 Å². The van der Waals surface area contributed by atoms with Crippen molar-refractivity contribution >= 4 is 18.9 Å². The second-order valence-corrected chi connectivity index (χ2v) is 6.94. The number of imidazole rings is 1. The third kappa shape index (κ3) is 4.15. The molecule has 3 rings (SSSR count). The Morgan fingerprint density at radius 1 is 1.52 bits per heavy atom. The largest absolute Gasteiger partial charge is 0.472 e. The first kappa shape index (κ1) is 17.8. The summed E-state index contributed by atoms with van der Waals surface area (Å²) in [7, 11) is -4.20. The van der Waals surface area contributed by atoms with Crippen LogP contribution in [0.2, 0.25) is 0 Å². The van der Waals surface area contributed by atoms with Crippen LogP contribution < -0.4 is 5.56 Å². The molecule has 0 spiro atoms. The molecule has 2 aromatic heterocycles. The maximum atomic E-state index is 11.7. The molecule has 2 N–H and O–H groups in total. The molecule has 0 bridgehead atoms. The van der Waals surface area contributed by atoms with Gasteiger partial charge in [0.25, 0.3) is 5.56 Å². The first-order valence-corrected chi connectivity index (χ1v) is 9.18. The molecule has 1 aliphatic heterocycles. The number of aromatic nitrogens is 3. The van der Waals surface area contributed by atoms with E-state index in [0.717, 1.165) is 0 Å². The highest BCUT2D eigenvalue weighted by Crippen LogP contribution is 2.44. The number of nitrogens with zero attached hydrogens (tertiary/aromatic N) is 3. The fourth-order valence-electron chi connectivity index (χ4n) is 2.64. The molecule has 10 nitrogen and oxygen atoms in total. The smallest absolute Gasteiger partial charge is 0.352 e. The molecular weight excluding hydrogens is 351 g/mol. The number of hydrogen-bond donors (Lipinski definition) is 2. The quantitative estimate of drug-likeness (QED) is 0.553. The summed E-state index contributed by atoms with van der Waals surface area (Å²) < 4.78 is 28.8. The van der Waals surface area contributed by atoms with Gasteiger partial charge in [0.05, 0.1) is 43.7 Å². The molecule has 3 atom stereocenters. The van der Waals surface area contributed by atoms with Crippen LogP contribution in [0.3, 0.4) is 0 Å². The van der Waals surface area contributed by atoms with Crippen LogP contribution in [0.1, 0.15) is 25.5 Å². The number of rotatable bonds is 7. The number of nitrogens with one attached hydrogen (secondary N) is 1. The summed E-state index contributed by atoms with van der Waals surface area (Å²) in [6.45, 7) is -0.280. The van der Waals surface area contributed by atoms with Crippen molar-refractivity contribution in [3.63, 3.8) is 0 Å². The van der Waals surface area contributed by atoms with E-state index >= 15 is 0 Å². The van der Waals surface area contributed by atoms with Gasteiger partial charge >= 0.3 is 7.82 Å². The van der Waals surface area contributed by atoms with E-state index in [-0.39, 0.29) is 37.5 Å². The lowest BCUT2D eigenvalue weighted by Crippen LogP contribution is -2.16. The number of H-pyrrole nitrogens is 1. The predicted molar refractivity (Wildman–Crippen MR) is 85.5 cm³/mol. The Kier molecular flexibility index (Phi) is 5.32. The Bertz CT molecular complexity index is 887. The van der Waals surface area contributed by atoms with Gasteiger partial charge in [-0.2, -0.15) is 5.26 Å². The van der Waals surface area contributed by atoms with E-state index in [1.807, 2.05) is 0 Å². The van der Waals surface area contributed by atoms with Gasteiger partial charge in [-0.1, -0.05) is 0 Å². The van der Waals surface area contributed by atoms with Crippen LogP contribution in [0, 0.1) is 11.3 Å². The molecule has 2 aromatic rings. The van der Waals surface area contributed by atoms with Gasteiger partial charge in [0, 0.05) is 6.20 Å². The van der Waals surface area contributed by atoms with E-state index in [1.54, 1.807) is 22.9 Å². The summed E-state index contributed by atoms with van der Waals surface area (Å²) in [4.78, 5) is 27.9. The third-order valence-electron chi connectivity index (χ3n) is 3.79. The highest BCUT2D eigenvalue weighted by atomic mass is 31.2. The Balaban J connectivity index is 1.58. The molecule has 11 heteroatoms. The summed E-state index contributed by atoms with van der Waals surface area (Å²) in [6, 6.07) is 3.54. The maximum Gasteiger partial charge on any atom is 0.472 e. The minimum absolute atomic E-state index is 0.00273. The topological polar surface area (TPSA) is 139 Å². The minimum atomic E-state index is -4.20. The Morgan fingerprint density at radius 3 is 3.16 bits per heavy atom. The third-order valence-corrected chi connectivity index (χ3v) is 4.77. The van der Waals surface area contributed by atoms with Crippen LogP contribution in [0.4, 0.5) is 0 Å². The first-order chi connectivity index (χ1) is 12.0. The van der Waals surface area contributed by atoms with Crippen LogP contribution in [-0.4, -0.2) is 38.7 Å². The molecule has 1 fully saturated rings. The van der Waals surface area contributed by atoms with Gasteiger partial charge in [-0.25, -0.2) is 9.55 Å². The van der Waals surface area contributed by atoms with Crippen molar-refractivity contribution < 1.29 is 23.2 Å². The molecule has 134 valence electrons. The number of nitriles is 1. The molecule has 0 amide bonds. The van der Waals surface area contributed by atoms with Gasteiger partial charge in [0.1, 0.15) is 6.23 Å². The van der Waals surface area contributed by atoms with Crippen LogP contribution >= 0.6 is 7.82 Å². The van der Waals surface area contributed by atoms with Crippen molar-refractivity contribution in [2.75, 3.05) is 13.2 Å². The van der Waals surface area contributed by atoms with Gasteiger partial charge < -0.3 is 19.2 Å². The SMILES string of the molecule is N#CCCOP(=O)(O)OC[C@@H]1CC[C@H](n2cnc3c(=O)[nH]ccc32)O1.